The highest BCUT2D eigenvalue weighted by Gasteiger charge is 2.04. The summed E-state index contributed by atoms with van der Waals surface area (Å²) in [5.74, 6) is 0. The molecule has 0 radical (unpaired) electrons. The second-order valence-corrected chi connectivity index (χ2v) is 2.34. The largest absolute Gasteiger partial charge is 0.508 e. The van der Waals surface area contributed by atoms with Gasteiger partial charge >= 0.3 is 6.16 Å². The molecular weight excluding hydrogens is 148 g/mol. The van der Waals surface area contributed by atoms with Crippen LogP contribution in [0.15, 0.2) is 0 Å². The number of hydrogen-bond acceptors (Lipinski definition) is 4. The molecule has 0 aliphatic rings. The molecule has 0 rings (SSSR count). The van der Waals surface area contributed by atoms with Gasteiger partial charge in [-0.15, -0.1) is 0 Å². The number of ether oxygens (including phenoxy) is 2. The van der Waals surface area contributed by atoms with Gasteiger partial charge in [-0.2, -0.15) is 0 Å². The van der Waals surface area contributed by atoms with Crippen LogP contribution in [0, 0.1) is 0 Å². The molecule has 4 heteroatoms. The first kappa shape index (κ1) is 10.2. The van der Waals surface area contributed by atoms with Gasteiger partial charge in [0.15, 0.2) is 0 Å². The van der Waals surface area contributed by atoms with Gasteiger partial charge in [-0.1, -0.05) is 0 Å². The zero-order chi connectivity index (χ0) is 8.69. The van der Waals surface area contributed by atoms with E-state index < -0.39 is 6.16 Å². The number of rotatable bonds is 4. The van der Waals surface area contributed by atoms with Crippen LogP contribution in [0.4, 0.5) is 4.79 Å². The molecule has 0 bridgehead atoms. The molecule has 4 nitrogen and oxygen atoms in total. The third-order valence-corrected chi connectivity index (χ3v) is 0.854. The second kappa shape index (κ2) is 5.97. The van der Waals surface area contributed by atoms with Crippen molar-refractivity contribution in [3.05, 3.63) is 0 Å². The van der Waals surface area contributed by atoms with Gasteiger partial charge in [0.2, 0.25) is 0 Å². The Balaban J connectivity index is 3.23. The quantitative estimate of drug-likeness (QED) is 0.493. The van der Waals surface area contributed by atoms with Crippen LogP contribution in [-0.4, -0.2) is 30.6 Å². The van der Waals surface area contributed by atoms with Crippen molar-refractivity contribution in [3.63, 3.8) is 0 Å². The number of aliphatic hydroxyl groups excluding tert-OH is 1. The number of carbonyl (C=O) groups is 1. The summed E-state index contributed by atoms with van der Waals surface area (Å²) >= 11 is 0. The lowest BCUT2D eigenvalue weighted by Gasteiger charge is -2.07. The van der Waals surface area contributed by atoms with E-state index in [-0.39, 0.29) is 19.3 Å². The van der Waals surface area contributed by atoms with Crippen LogP contribution in [0.1, 0.15) is 20.3 Å². The lowest BCUT2D eigenvalue weighted by molar-refractivity contribution is 0.0316. The molecule has 0 aliphatic heterocycles. The molecule has 0 atom stereocenters. The first-order valence-corrected chi connectivity index (χ1v) is 3.61. The Kier molecular flexibility index (Phi) is 5.56. The van der Waals surface area contributed by atoms with Crippen LogP contribution in [0.5, 0.6) is 0 Å². The molecule has 0 spiro atoms. The highest BCUT2D eigenvalue weighted by Crippen LogP contribution is 1.93. The van der Waals surface area contributed by atoms with Crippen LogP contribution in [0.25, 0.3) is 0 Å². The molecule has 0 fully saturated rings. The Morgan fingerprint density at radius 3 is 2.64 bits per heavy atom. The van der Waals surface area contributed by atoms with Gasteiger partial charge in [-0.05, 0) is 13.8 Å². The topological polar surface area (TPSA) is 55.8 Å². The molecule has 0 heterocycles. The summed E-state index contributed by atoms with van der Waals surface area (Å²) in [6.07, 6.45) is -0.377. The highest BCUT2D eigenvalue weighted by molar-refractivity contribution is 5.59. The van der Waals surface area contributed by atoms with Crippen LogP contribution in [-0.2, 0) is 9.47 Å². The molecule has 0 amide bonds. The number of aliphatic hydroxyl groups is 1. The fourth-order valence-corrected chi connectivity index (χ4v) is 0.447. The highest BCUT2D eigenvalue weighted by atomic mass is 16.7. The zero-order valence-corrected chi connectivity index (χ0v) is 6.87. The van der Waals surface area contributed by atoms with E-state index in [1.165, 1.54) is 0 Å². The van der Waals surface area contributed by atoms with Crippen molar-refractivity contribution in [3.8, 4) is 0 Å². The average Bonchev–Trinajstić information content (AvgIpc) is 1.86. The van der Waals surface area contributed by atoms with Crippen LogP contribution in [0.2, 0.25) is 0 Å². The molecule has 66 valence electrons. The van der Waals surface area contributed by atoms with E-state index in [0.717, 1.165) is 0 Å². The fraction of sp³-hybridized carbons (Fsp3) is 0.857. The van der Waals surface area contributed by atoms with Crippen LogP contribution >= 0.6 is 0 Å². The molecule has 0 unspecified atom stereocenters. The van der Waals surface area contributed by atoms with Crippen molar-refractivity contribution in [1.82, 2.24) is 0 Å². The predicted octanol–water partition coefficient (Wildman–Crippen LogP) is 0.930. The molecule has 0 saturated carbocycles. The molecule has 0 aromatic heterocycles. The van der Waals surface area contributed by atoms with Crippen molar-refractivity contribution >= 4 is 6.16 Å². The van der Waals surface area contributed by atoms with E-state index in [2.05, 4.69) is 9.47 Å². The molecule has 0 aromatic rings. The Labute approximate surface area is 66.1 Å². The molecule has 0 aliphatic carbocycles. The summed E-state index contributed by atoms with van der Waals surface area (Å²) in [4.78, 5) is 10.6. The summed E-state index contributed by atoms with van der Waals surface area (Å²) in [7, 11) is 0. The Bertz CT molecular complexity index is 111. The zero-order valence-electron chi connectivity index (χ0n) is 6.87. The fourth-order valence-electron chi connectivity index (χ4n) is 0.447. The maximum absolute atomic E-state index is 10.6. The summed E-state index contributed by atoms with van der Waals surface area (Å²) < 4.78 is 9.23. The average molecular weight is 162 g/mol. The van der Waals surface area contributed by atoms with Gasteiger partial charge < -0.3 is 14.6 Å². The predicted molar refractivity (Wildman–Crippen MR) is 39.3 cm³/mol. The normalized spacial score (nSPS) is 9.82. The van der Waals surface area contributed by atoms with Crippen molar-refractivity contribution in [2.45, 2.75) is 26.4 Å². The smallest absolute Gasteiger partial charge is 0.434 e. The summed E-state index contributed by atoms with van der Waals surface area (Å²) in [6.45, 7) is 3.72. The molecule has 0 saturated heterocycles. The SMILES string of the molecule is CC(C)OC(=O)OCCCO. The maximum Gasteiger partial charge on any atom is 0.508 e. The van der Waals surface area contributed by atoms with Gasteiger partial charge in [0.25, 0.3) is 0 Å². The van der Waals surface area contributed by atoms with E-state index in [1.54, 1.807) is 13.8 Å². The van der Waals surface area contributed by atoms with E-state index in [4.69, 9.17) is 5.11 Å². The number of hydrogen-bond donors (Lipinski definition) is 1. The summed E-state index contributed by atoms with van der Waals surface area (Å²) in [5, 5.41) is 8.33. The minimum atomic E-state index is -0.673. The lowest BCUT2D eigenvalue weighted by Crippen LogP contribution is -2.13. The van der Waals surface area contributed by atoms with E-state index in [0.29, 0.717) is 6.42 Å². The standard InChI is InChI=1S/C7H14O4/c1-6(2)11-7(9)10-5-3-4-8/h6,8H,3-5H2,1-2H3. The first-order valence-electron chi connectivity index (χ1n) is 3.61. The molecule has 1 N–H and O–H groups in total. The monoisotopic (exact) mass is 162 g/mol. The third kappa shape index (κ3) is 7.12. The van der Waals surface area contributed by atoms with E-state index in [9.17, 15) is 4.79 Å². The van der Waals surface area contributed by atoms with Crippen LogP contribution in [0.3, 0.4) is 0 Å². The Hall–Kier alpha value is -0.770. The maximum atomic E-state index is 10.6. The van der Waals surface area contributed by atoms with Crippen LogP contribution < -0.4 is 0 Å². The van der Waals surface area contributed by atoms with Gasteiger partial charge in [-0.25, -0.2) is 4.79 Å². The lowest BCUT2D eigenvalue weighted by atomic mass is 10.5. The van der Waals surface area contributed by atoms with Crippen molar-refractivity contribution in [2.24, 2.45) is 0 Å². The Morgan fingerprint density at radius 2 is 2.18 bits per heavy atom. The van der Waals surface area contributed by atoms with E-state index >= 15 is 0 Å². The number of carbonyl (C=O) groups excluding carboxylic acids is 1. The van der Waals surface area contributed by atoms with Crippen molar-refractivity contribution in [1.29, 1.82) is 0 Å². The van der Waals surface area contributed by atoms with Gasteiger partial charge in [0.05, 0.1) is 12.7 Å². The third-order valence-electron chi connectivity index (χ3n) is 0.854. The second-order valence-electron chi connectivity index (χ2n) is 2.34. The van der Waals surface area contributed by atoms with Crippen molar-refractivity contribution < 1.29 is 19.4 Å². The summed E-state index contributed by atoms with van der Waals surface area (Å²) in [5.41, 5.74) is 0. The van der Waals surface area contributed by atoms with Crippen molar-refractivity contribution in [2.75, 3.05) is 13.2 Å². The Morgan fingerprint density at radius 1 is 1.55 bits per heavy atom. The molecular formula is C7H14O4. The summed E-state index contributed by atoms with van der Waals surface area (Å²) in [6, 6.07) is 0. The van der Waals surface area contributed by atoms with Gasteiger partial charge in [-0.3, -0.25) is 0 Å². The van der Waals surface area contributed by atoms with Gasteiger partial charge in [0, 0.05) is 13.0 Å². The minimum absolute atomic E-state index is 0.0228. The van der Waals surface area contributed by atoms with Gasteiger partial charge in [0.1, 0.15) is 0 Å². The molecule has 0 aromatic carbocycles. The molecule has 11 heavy (non-hydrogen) atoms. The minimum Gasteiger partial charge on any atom is -0.434 e. The first-order chi connectivity index (χ1) is 5.16. The van der Waals surface area contributed by atoms with E-state index in [1.807, 2.05) is 0 Å².